The van der Waals surface area contributed by atoms with E-state index in [9.17, 15) is 0 Å². The summed E-state index contributed by atoms with van der Waals surface area (Å²) in [4.78, 5) is 0. The number of benzene rings is 7. The third-order valence-corrected chi connectivity index (χ3v) is 11.9. The quantitative estimate of drug-likeness (QED) is 0.186. The van der Waals surface area contributed by atoms with Crippen molar-refractivity contribution in [3.63, 3.8) is 0 Å². The normalized spacial score (nSPS) is 13.8. The Morgan fingerprint density at radius 1 is 0.521 bits per heavy atom. The molecule has 0 amide bonds. The average Bonchev–Trinajstić information content (AvgIpc) is 3.84. The van der Waals surface area contributed by atoms with Gasteiger partial charge in [-0.25, -0.2) is 0 Å². The summed E-state index contributed by atoms with van der Waals surface area (Å²) in [6, 6.07) is 51.3. The van der Waals surface area contributed by atoms with Crippen LogP contribution < -0.4 is 0 Å². The molecule has 0 saturated carbocycles. The molecule has 2 nitrogen and oxygen atoms in total. The summed E-state index contributed by atoms with van der Waals surface area (Å²) < 4.78 is 11.2. The van der Waals surface area contributed by atoms with Crippen LogP contribution >= 0.6 is 11.3 Å². The van der Waals surface area contributed by atoms with E-state index in [0.717, 1.165) is 21.9 Å². The average molecular weight is 632 g/mol. The van der Waals surface area contributed by atoms with Gasteiger partial charge < -0.3 is 8.98 Å². The monoisotopic (exact) mass is 631 g/mol. The van der Waals surface area contributed by atoms with Crippen LogP contribution in [0.5, 0.6) is 0 Å². The Morgan fingerprint density at radius 3 is 2.23 bits per heavy atom. The maximum Gasteiger partial charge on any atom is 0.135 e. The van der Waals surface area contributed by atoms with Crippen molar-refractivity contribution >= 4 is 75.3 Å². The summed E-state index contributed by atoms with van der Waals surface area (Å²) in [5, 5.41) is 7.60. The SMILES string of the molecule is CC1(C)c2ccccc2-c2ccc3c(c21)c1ccccc1n3-c1cccc2sc3cc(-c4ccc5oc6ccccc6c5c4)ccc3c12. The van der Waals surface area contributed by atoms with Crippen molar-refractivity contribution in [1.29, 1.82) is 0 Å². The number of nitrogens with zero attached hydrogens (tertiary/aromatic N) is 1. The number of thiophene rings is 1. The van der Waals surface area contributed by atoms with E-state index in [1.165, 1.54) is 81.0 Å². The van der Waals surface area contributed by atoms with E-state index < -0.39 is 0 Å². The first kappa shape index (κ1) is 26.4. The van der Waals surface area contributed by atoms with Gasteiger partial charge in [-0.2, -0.15) is 0 Å². The molecule has 1 aliphatic carbocycles. The van der Waals surface area contributed by atoms with Crippen molar-refractivity contribution in [3.05, 3.63) is 151 Å². The number of furan rings is 1. The molecule has 0 bridgehead atoms. The summed E-state index contributed by atoms with van der Waals surface area (Å²) in [5.74, 6) is 0. The second-order valence-corrected chi connectivity index (χ2v) is 14.8. The number of hydrogen-bond donors (Lipinski definition) is 0. The Kier molecular flexibility index (Phi) is 5.09. The minimum Gasteiger partial charge on any atom is -0.456 e. The second kappa shape index (κ2) is 9.25. The van der Waals surface area contributed by atoms with Gasteiger partial charge in [0.15, 0.2) is 0 Å². The smallest absolute Gasteiger partial charge is 0.135 e. The highest BCUT2D eigenvalue weighted by molar-refractivity contribution is 7.26. The second-order valence-electron chi connectivity index (χ2n) is 13.7. The Morgan fingerprint density at radius 2 is 1.29 bits per heavy atom. The number of aromatic nitrogens is 1. The highest BCUT2D eigenvalue weighted by Gasteiger charge is 2.38. The van der Waals surface area contributed by atoms with Gasteiger partial charge in [0.2, 0.25) is 0 Å². The molecule has 3 heterocycles. The van der Waals surface area contributed by atoms with Gasteiger partial charge >= 0.3 is 0 Å². The molecule has 0 unspecified atom stereocenters. The molecule has 0 fully saturated rings. The highest BCUT2D eigenvalue weighted by atomic mass is 32.1. The number of para-hydroxylation sites is 2. The zero-order valence-electron chi connectivity index (χ0n) is 26.5. The predicted octanol–water partition coefficient (Wildman–Crippen LogP) is 13.0. The summed E-state index contributed by atoms with van der Waals surface area (Å²) in [6.45, 7) is 4.78. The Bertz CT molecular complexity index is 2990. The zero-order valence-corrected chi connectivity index (χ0v) is 27.4. The van der Waals surface area contributed by atoms with Gasteiger partial charge in [0.25, 0.3) is 0 Å². The zero-order chi connectivity index (χ0) is 31.7. The van der Waals surface area contributed by atoms with Crippen molar-refractivity contribution in [1.82, 2.24) is 4.57 Å². The highest BCUT2D eigenvalue weighted by Crippen LogP contribution is 2.53. The number of fused-ring (bicyclic) bond motifs is 13. The standard InChI is InChI=1S/C45H29NOS/c1-45(2)34-13-6-3-10-28(34)30-21-22-37-43(44(30)45)31-12-4-7-14-35(31)46(37)36-15-9-17-40-42(36)32-20-18-27(25-41(32)48-40)26-19-23-39-33(24-26)29-11-5-8-16-38(29)47-39/h3-25H,1-2H3. The minimum atomic E-state index is -0.0936. The van der Waals surface area contributed by atoms with E-state index in [-0.39, 0.29) is 5.41 Å². The molecule has 3 aromatic heterocycles. The van der Waals surface area contributed by atoms with Crippen LogP contribution in [0.3, 0.4) is 0 Å². The topological polar surface area (TPSA) is 18.1 Å². The van der Waals surface area contributed by atoms with Gasteiger partial charge in [-0.3, -0.25) is 0 Å². The summed E-state index contributed by atoms with van der Waals surface area (Å²) in [7, 11) is 0. The molecular weight excluding hydrogens is 603 g/mol. The summed E-state index contributed by atoms with van der Waals surface area (Å²) in [6.07, 6.45) is 0. The fourth-order valence-electron chi connectivity index (χ4n) is 8.67. The van der Waals surface area contributed by atoms with Crippen LogP contribution in [0.2, 0.25) is 0 Å². The largest absolute Gasteiger partial charge is 0.456 e. The Labute approximate surface area is 281 Å². The number of hydrogen-bond acceptors (Lipinski definition) is 2. The molecule has 48 heavy (non-hydrogen) atoms. The third-order valence-electron chi connectivity index (χ3n) is 10.8. The first-order valence-electron chi connectivity index (χ1n) is 16.6. The summed E-state index contributed by atoms with van der Waals surface area (Å²) >= 11 is 1.88. The fourth-order valence-corrected chi connectivity index (χ4v) is 9.84. The van der Waals surface area contributed by atoms with Gasteiger partial charge in [0, 0.05) is 47.1 Å². The molecule has 1 aliphatic rings. The molecule has 0 saturated heterocycles. The van der Waals surface area contributed by atoms with Crippen LogP contribution in [0.1, 0.15) is 25.0 Å². The Hall–Kier alpha value is -5.64. The van der Waals surface area contributed by atoms with Crippen LogP contribution in [-0.2, 0) is 5.41 Å². The molecule has 11 rings (SSSR count). The van der Waals surface area contributed by atoms with Gasteiger partial charge in [0.05, 0.1) is 16.7 Å². The van der Waals surface area contributed by atoms with E-state index in [1.807, 2.05) is 23.5 Å². The van der Waals surface area contributed by atoms with Gasteiger partial charge in [-0.05, 0) is 81.9 Å². The predicted molar refractivity (Wildman–Crippen MR) is 204 cm³/mol. The molecule has 0 atom stereocenters. The molecule has 226 valence electrons. The van der Waals surface area contributed by atoms with Crippen molar-refractivity contribution < 1.29 is 4.42 Å². The van der Waals surface area contributed by atoms with Gasteiger partial charge in [-0.1, -0.05) is 105 Å². The molecule has 7 aromatic carbocycles. The van der Waals surface area contributed by atoms with E-state index in [2.05, 4.69) is 146 Å². The first-order valence-corrected chi connectivity index (χ1v) is 17.4. The van der Waals surface area contributed by atoms with E-state index in [1.54, 1.807) is 0 Å². The van der Waals surface area contributed by atoms with Gasteiger partial charge in [0.1, 0.15) is 11.2 Å². The maximum atomic E-state index is 6.11. The van der Waals surface area contributed by atoms with Crippen LogP contribution in [0.4, 0.5) is 0 Å². The summed E-state index contributed by atoms with van der Waals surface area (Å²) in [5.41, 5.74) is 13.5. The lowest BCUT2D eigenvalue weighted by atomic mass is 9.80. The lowest BCUT2D eigenvalue weighted by Gasteiger charge is -2.22. The van der Waals surface area contributed by atoms with Crippen LogP contribution in [0.15, 0.2) is 144 Å². The van der Waals surface area contributed by atoms with Gasteiger partial charge in [-0.15, -0.1) is 11.3 Å². The number of rotatable bonds is 2. The third kappa shape index (κ3) is 3.36. The fraction of sp³-hybridized carbons (Fsp3) is 0.0667. The molecule has 0 spiro atoms. The van der Waals surface area contributed by atoms with E-state index in [4.69, 9.17) is 4.42 Å². The van der Waals surface area contributed by atoms with Crippen molar-refractivity contribution in [3.8, 4) is 27.9 Å². The lowest BCUT2D eigenvalue weighted by Crippen LogP contribution is -2.15. The molecule has 0 aliphatic heterocycles. The van der Waals surface area contributed by atoms with Crippen LogP contribution in [-0.4, -0.2) is 4.57 Å². The van der Waals surface area contributed by atoms with Crippen molar-refractivity contribution in [2.45, 2.75) is 19.3 Å². The van der Waals surface area contributed by atoms with Crippen LogP contribution in [0, 0.1) is 0 Å². The molecule has 0 N–H and O–H groups in total. The van der Waals surface area contributed by atoms with E-state index >= 15 is 0 Å². The molecule has 0 radical (unpaired) electrons. The molecule has 3 heteroatoms. The minimum absolute atomic E-state index is 0.0936. The van der Waals surface area contributed by atoms with Crippen LogP contribution in [0.25, 0.3) is 91.9 Å². The molecular formula is C45H29NOS. The molecule has 10 aromatic rings. The first-order chi connectivity index (χ1) is 23.6. The maximum absolute atomic E-state index is 6.11. The van der Waals surface area contributed by atoms with E-state index in [0.29, 0.717) is 0 Å². The van der Waals surface area contributed by atoms with Crippen molar-refractivity contribution in [2.24, 2.45) is 0 Å². The van der Waals surface area contributed by atoms with Crippen molar-refractivity contribution in [2.75, 3.05) is 0 Å². The lowest BCUT2D eigenvalue weighted by molar-refractivity contribution is 0.666. The Balaban J connectivity index is 1.15.